The van der Waals surface area contributed by atoms with Gasteiger partial charge in [-0.1, -0.05) is 5.92 Å². The van der Waals surface area contributed by atoms with Crippen LogP contribution in [0.2, 0.25) is 0 Å². The standard InChI is InChI=1S/C12H8N4/c13-9-11-4-5-12(14-10-11)3-1-7-16-8-2-6-15-16/h2,4-6,8,10H,7H2. The quantitative estimate of drug-likeness (QED) is 0.662. The zero-order valence-corrected chi connectivity index (χ0v) is 8.46. The third-order valence-corrected chi connectivity index (χ3v) is 1.91. The van der Waals surface area contributed by atoms with Gasteiger partial charge < -0.3 is 0 Å². The predicted octanol–water partition coefficient (Wildman–Crippen LogP) is 1.20. The maximum Gasteiger partial charge on any atom is 0.113 e. The monoisotopic (exact) mass is 208 g/mol. The Labute approximate surface area is 93.2 Å². The molecule has 2 aromatic heterocycles. The molecule has 2 rings (SSSR count). The van der Waals surface area contributed by atoms with Gasteiger partial charge in [0.2, 0.25) is 0 Å². The van der Waals surface area contributed by atoms with Crippen molar-refractivity contribution in [2.24, 2.45) is 0 Å². The molecular weight excluding hydrogens is 200 g/mol. The second-order valence-corrected chi connectivity index (χ2v) is 3.05. The van der Waals surface area contributed by atoms with Crippen LogP contribution in [-0.4, -0.2) is 14.8 Å². The largest absolute Gasteiger partial charge is 0.261 e. The zero-order chi connectivity index (χ0) is 11.2. The Morgan fingerprint density at radius 2 is 2.31 bits per heavy atom. The molecule has 0 spiro atoms. The van der Waals surface area contributed by atoms with E-state index in [-0.39, 0.29) is 0 Å². The maximum absolute atomic E-state index is 8.59. The van der Waals surface area contributed by atoms with E-state index in [1.807, 2.05) is 18.3 Å². The molecule has 0 fully saturated rings. The van der Waals surface area contributed by atoms with Crippen LogP contribution in [0.1, 0.15) is 11.3 Å². The number of hydrogen-bond donors (Lipinski definition) is 0. The van der Waals surface area contributed by atoms with Gasteiger partial charge in [0.05, 0.1) is 5.56 Å². The van der Waals surface area contributed by atoms with Crippen LogP contribution in [0.15, 0.2) is 36.8 Å². The zero-order valence-electron chi connectivity index (χ0n) is 8.46. The molecule has 2 aromatic rings. The average molecular weight is 208 g/mol. The fourth-order valence-corrected chi connectivity index (χ4v) is 1.14. The van der Waals surface area contributed by atoms with Crippen molar-refractivity contribution < 1.29 is 0 Å². The molecule has 4 heteroatoms. The topological polar surface area (TPSA) is 54.5 Å². The maximum atomic E-state index is 8.59. The summed E-state index contributed by atoms with van der Waals surface area (Å²) in [6.45, 7) is 0.536. The normalized spacial score (nSPS) is 8.94. The Bertz CT molecular complexity index is 550. The fourth-order valence-electron chi connectivity index (χ4n) is 1.14. The van der Waals surface area contributed by atoms with Crippen LogP contribution in [0.4, 0.5) is 0 Å². The summed E-state index contributed by atoms with van der Waals surface area (Å²) >= 11 is 0. The Kier molecular flexibility index (Phi) is 2.96. The molecule has 0 saturated heterocycles. The summed E-state index contributed by atoms with van der Waals surface area (Å²) in [5, 5.41) is 12.6. The second kappa shape index (κ2) is 4.77. The Hall–Kier alpha value is -2.59. The van der Waals surface area contributed by atoms with Gasteiger partial charge >= 0.3 is 0 Å². The summed E-state index contributed by atoms with van der Waals surface area (Å²) in [6.07, 6.45) is 5.07. The number of pyridine rings is 1. The van der Waals surface area contributed by atoms with E-state index in [1.165, 1.54) is 6.20 Å². The number of nitrogens with zero attached hydrogens (tertiary/aromatic N) is 4. The molecule has 0 amide bonds. The average Bonchev–Trinajstić information content (AvgIpc) is 2.83. The van der Waals surface area contributed by atoms with E-state index in [9.17, 15) is 0 Å². The summed E-state index contributed by atoms with van der Waals surface area (Å²) in [5.74, 6) is 5.85. The summed E-state index contributed by atoms with van der Waals surface area (Å²) < 4.78 is 1.73. The molecule has 0 aliphatic carbocycles. The van der Waals surface area contributed by atoms with Crippen molar-refractivity contribution in [3.8, 4) is 17.9 Å². The lowest BCUT2D eigenvalue weighted by molar-refractivity contribution is 0.715. The molecule has 0 N–H and O–H groups in total. The minimum absolute atomic E-state index is 0.536. The van der Waals surface area contributed by atoms with Gasteiger partial charge in [-0.3, -0.25) is 4.68 Å². The first-order chi connectivity index (χ1) is 7.88. The minimum atomic E-state index is 0.536. The van der Waals surface area contributed by atoms with E-state index >= 15 is 0 Å². The van der Waals surface area contributed by atoms with Crippen molar-refractivity contribution in [1.82, 2.24) is 14.8 Å². The van der Waals surface area contributed by atoms with Crippen LogP contribution in [0, 0.1) is 23.2 Å². The Morgan fingerprint density at radius 1 is 1.38 bits per heavy atom. The summed E-state index contributed by atoms with van der Waals surface area (Å²) in [7, 11) is 0. The number of aromatic nitrogens is 3. The van der Waals surface area contributed by atoms with Gasteiger partial charge in [0.25, 0.3) is 0 Å². The van der Waals surface area contributed by atoms with Gasteiger partial charge in [-0.05, 0) is 24.1 Å². The summed E-state index contributed by atoms with van der Waals surface area (Å²) in [6, 6.07) is 7.29. The van der Waals surface area contributed by atoms with Gasteiger partial charge in [-0.25, -0.2) is 4.98 Å². The SMILES string of the molecule is N#Cc1ccc(C#CCn2cccn2)nc1. The lowest BCUT2D eigenvalue weighted by atomic mass is 10.3. The third-order valence-electron chi connectivity index (χ3n) is 1.91. The number of rotatable bonds is 1. The van der Waals surface area contributed by atoms with E-state index in [0.717, 1.165) is 0 Å². The molecule has 2 heterocycles. The van der Waals surface area contributed by atoms with E-state index < -0.39 is 0 Å². The Morgan fingerprint density at radius 3 is 2.94 bits per heavy atom. The highest BCUT2D eigenvalue weighted by Gasteiger charge is 1.90. The molecule has 0 aromatic carbocycles. The highest BCUT2D eigenvalue weighted by Crippen LogP contribution is 1.96. The van der Waals surface area contributed by atoms with Crippen molar-refractivity contribution >= 4 is 0 Å². The molecule has 0 saturated carbocycles. The van der Waals surface area contributed by atoms with Gasteiger partial charge in [-0.2, -0.15) is 10.4 Å². The molecule has 0 aliphatic heterocycles. The van der Waals surface area contributed by atoms with Crippen molar-refractivity contribution in [2.45, 2.75) is 6.54 Å². The molecule has 4 nitrogen and oxygen atoms in total. The van der Waals surface area contributed by atoms with Crippen molar-refractivity contribution in [1.29, 1.82) is 5.26 Å². The van der Waals surface area contributed by atoms with Crippen LogP contribution < -0.4 is 0 Å². The van der Waals surface area contributed by atoms with E-state index in [2.05, 4.69) is 21.9 Å². The minimum Gasteiger partial charge on any atom is -0.261 e. The summed E-state index contributed by atoms with van der Waals surface area (Å²) in [5.41, 5.74) is 1.20. The van der Waals surface area contributed by atoms with Gasteiger partial charge in [0.1, 0.15) is 18.3 Å². The highest BCUT2D eigenvalue weighted by atomic mass is 15.3. The van der Waals surface area contributed by atoms with E-state index in [0.29, 0.717) is 17.8 Å². The lowest BCUT2D eigenvalue weighted by Gasteiger charge is -1.91. The first kappa shape index (κ1) is 9.95. The predicted molar refractivity (Wildman–Crippen MR) is 58.1 cm³/mol. The van der Waals surface area contributed by atoms with Gasteiger partial charge in [0, 0.05) is 18.6 Å². The Balaban J connectivity index is 2.04. The smallest absolute Gasteiger partial charge is 0.113 e. The van der Waals surface area contributed by atoms with Crippen LogP contribution in [0.25, 0.3) is 0 Å². The van der Waals surface area contributed by atoms with E-state index in [4.69, 9.17) is 5.26 Å². The van der Waals surface area contributed by atoms with Crippen LogP contribution in [-0.2, 0) is 6.54 Å². The van der Waals surface area contributed by atoms with Gasteiger partial charge in [-0.15, -0.1) is 0 Å². The number of nitriles is 1. The van der Waals surface area contributed by atoms with Gasteiger partial charge in [0.15, 0.2) is 0 Å². The third kappa shape index (κ3) is 2.46. The molecular formula is C12H8N4. The van der Waals surface area contributed by atoms with Crippen LogP contribution in [0.5, 0.6) is 0 Å². The molecule has 0 unspecified atom stereocenters. The molecule has 0 bridgehead atoms. The molecule has 76 valence electrons. The molecule has 0 radical (unpaired) electrons. The van der Waals surface area contributed by atoms with Crippen LogP contribution in [0.3, 0.4) is 0 Å². The van der Waals surface area contributed by atoms with Crippen LogP contribution >= 0.6 is 0 Å². The van der Waals surface area contributed by atoms with E-state index in [1.54, 1.807) is 23.0 Å². The molecule has 0 atom stereocenters. The first-order valence-electron chi connectivity index (χ1n) is 4.71. The van der Waals surface area contributed by atoms with Crippen molar-refractivity contribution in [3.05, 3.63) is 48.0 Å². The molecule has 0 aliphatic rings. The second-order valence-electron chi connectivity index (χ2n) is 3.05. The highest BCUT2D eigenvalue weighted by molar-refractivity contribution is 5.33. The number of hydrogen-bond acceptors (Lipinski definition) is 3. The first-order valence-corrected chi connectivity index (χ1v) is 4.71. The lowest BCUT2D eigenvalue weighted by Crippen LogP contribution is -1.95. The molecule has 16 heavy (non-hydrogen) atoms. The van der Waals surface area contributed by atoms with Crippen molar-refractivity contribution in [2.75, 3.05) is 0 Å². The van der Waals surface area contributed by atoms with Crippen molar-refractivity contribution in [3.63, 3.8) is 0 Å². The fraction of sp³-hybridized carbons (Fsp3) is 0.0833. The summed E-state index contributed by atoms with van der Waals surface area (Å²) in [4.78, 5) is 4.04.